The first kappa shape index (κ1) is 9.72. The molecule has 0 radical (unpaired) electrons. The van der Waals surface area contributed by atoms with E-state index in [1.54, 1.807) is 0 Å². The molecule has 0 fully saturated rings. The average Bonchev–Trinajstić information content (AvgIpc) is 2.72. The van der Waals surface area contributed by atoms with Crippen molar-refractivity contribution >= 4 is 17.0 Å². The Morgan fingerprint density at radius 2 is 1.88 bits per heavy atom. The van der Waals surface area contributed by atoms with Crippen LogP contribution in [0.3, 0.4) is 0 Å². The summed E-state index contributed by atoms with van der Waals surface area (Å²) in [5.74, 6) is 0. The Hall–Kier alpha value is -2.49. The Labute approximate surface area is 98.5 Å². The first-order chi connectivity index (χ1) is 8.24. The second-order valence-corrected chi connectivity index (χ2v) is 3.94. The Balaban J connectivity index is 2.22. The van der Waals surface area contributed by atoms with Crippen molar-refractivity contribution in [3.8, 4) is 11.3 Å². The molecule has 84 valence electrons. The molecule has 4 heteroatoms. The van der Waals surface area contributed by atoms with Crippen molar-refractivity contribution in [3.05, 3.63) is 48.8 Å². The average molecular weight is 224 g/mol. The molecule has 17 heavy (non-hydrogen) atoms. The summed E-state index contributed by atoms with van der Waals surface area (Å²) >= 11 is 0. The van der Waals surface area contributed by atoms with Gasteiger partial charge < -0.3 is 15.9 Å². The van der Waals surface area contributed by atoms with Crippen LogP contribution in [0.15, 0.2) is 48.8 Å². The maximum Gasteiger partial charge on any atom is 0.139 e. The second kappa shape index (κ2) is 3.52. The Morgan fingerprint density at radius 3 is 2.71 bits per heavy atom. The molecule has 2 heterocycles. The number of aromatic nitrogens is 2. The highest BCUT2D eigenvalue weighted by atomic mass is 15.0. The standard InChI is InChI=1S/C13H12N4/c14-9-5-6-17-8-12(16-13(17)7-9)10-3-1-2-4-11(10)15/h1-8H,14-15H2. The fourth-order valence-electron chi connectivity index (χ4n) is 1.86. The maximum atomic E-state index is 5.93. The SMILES string of the molecule is Nc1ccn2cc(-c3ccccc3N)nc2c1. The van der Waals surface area contributed by atoms with Crippen LogP contribution in [0, 0.1) is 0 Å². The van der Waals surface area contributed by atoms with E-state index in [1.807, 2.05) is 53.2 Å². The monoisotopic (exact) mass is 224 g/mol. The van der Waals surface area contributed by atoms with Gasteiger partial charge in [-0.05, 0) is 12.1 Å². The molecule has 3 aromatic rings. The van der Waals surface area contributed by atoms with E-state index in [0.29, 0.717) is 5.69 Å². The highest BCUT2D eigenvalue weighted by molar-refractivity contribution is 5.75. The zero-order chi connectivity index (χ0) is 11.8. The number of fused-ring (bicyclic) bond motifs is 1. The molecule has 0 saturated heterocycles. The summed E-state index contributed by atoms with van der Waals surface area (Å²) in [5.41, 5.74) is 15.7. The number of para-hydroxylation sites is 1. The van der Waals surface area contributed by atoms with Gasteiger partial charge in [0.15, 0.2) is 0 Å². The minimum Gasteiger partial charge on any atom is -0.399 e. The predicted molar refractivity (Wildman–Crippen MR) is 69.5 cm³/mol. The van der Waals surface area contributed by atoms with Crippen LogP contribution in [0.2, 0.25) is 0 Å². The highest BCUT2D eigenvalue weighted by Gasteiger charge is 2.06. The number of imidazole rings is 1. The van der Waals surface area contributed by atoms with E-state index < -0.39 is 0 Å². The smallest absolute Gasteiger partial charge is 0.139 e. The van der Waals surface area contributed by atoms with Crippen LogP contribution in [-0.4, -0.2) is 9.38 Å². The van der Waals surface area contributed by atoms with Crippen LogP contribution in [0.5, 0.6) is 0 Å². The third kappa shape index (κ3) is 1.59. The molecule has 0 aliphatic heterocycles. The Kier molecular flexibility index (Phi) is 2.01. The van der Waals surface area contributed by atoms with E-state index >= 15 is 0 Å². The normalized spacial score (nSPS) is 10.8. The molecule has 0 saturated carbocycles. The molecular formula is C13H12N4. The molecule has 4 nitrogen and oxygen atoms in total. The number of nitrogens with zero attached hydrogens (tertiary/aromatic N) is 2. The van der Waals surface area contributed by atoms with Crippen molar-refractivity contribution in [2.45, 2.75) is 0 Å². The topological polar surface area (TPSA) is 69.3 Å². The zero-order valence-electron chi connectivity index (χ0n) is 9.17. The molecule has 0 aliphatic rings. The number of hydrogen-bond donors (Lipinski definition) is 2. The molecule has 0 unspecified atom stereocenters. The summed E-state index contributed by atoms with van der Waals surface area (Å²) < 4.78 is 1.93. The van der Waals surface area contributed by atoms with Crippen LogP contribution in [0.25, 0.3) is 16.9 Å². The molecule has 0 aliphatic carbocycles. The predicted octanol–water partition coefficient (Wildman–Crippen LogP) is 2.17. The van der Waals surface area contributed by atoms with Crippen molar-refractivity contribution in [1.82, 2.24) is 9.38 Å². The number of pyridine rings is 1. The van der Waals surface area contributed by atoms with Gasteiger partial charge in [-0.25, -0.2) is 4.98 Å². The van der Waals surface area contributed by atoms with Crippen LogP contribution in [0.1, 0.15) is 0 Å². The van der Waals surface area contributed by atoms with E-state index in [2.05, 4.69) is 4.98 Å². The number of anilines is 2. The van der Waals surface area contributed by atoms with Crippen LogP contribution in [-0.2, 0) is 0 Å². The fraction of sp³-hybridized carbons (Fsp3) is 0. The van der Waals surface area contributed by atoms with Gasteiger partial charge in [0.1, 0.15) is 5.65 Å². The highest BCUT2D eigenvalue weighted by Crippen LogP contribution is 2.25. The Morgan fingerprint density at radius 1 is 1.06 bits per heavy atom. The van der Waals surface area contributed by atoms with E-state index in [1.165, 1.54) is 0 Å². The number of nitrogen functional groups attached to an aromatic ring is 2. The van der Waals surface area contributed by atoms with Gasteiger partial charge in [0, 0.05) is 35.4 Å². The summed E-state index contributed by atoms with van der Waals surface area (Å²) in [6.07, 6.45) is 3.83. The van der Waals surface area contributed by atoms with Gasteiger partial charge in [-0.15, -0.1) is 0 Å². The molecule has 4 N–H and O–H groups in total. The summed E-state index contributed by atoms with van der Waals surface area (Å²) in [7, 11) is 0. The fourth-order valence-corrected chi connectivity index (χ4v) is 1.86. The quantitative estimate of drug-likeness (QED) is 0.622. The molecule has 0 amide bonds. The maximum absolute atomic E-state index is 5.93. The number of hydrogen-bond acceptors (Lipinski definition) is 3. The van der Waals surface area contributed by atoms with Gasteiger partial charge in [0.25, 0.3) is 0 Å². The van der Waals surface area contributed by atoms with Gasteiger partial charge in [-0.1, -0.05) is 18.2 Å². The summed E-state index contributed by atoms with van der Waals surface area (Å²) in [6.45, 7) is 0. The van der Waals surface area contributed by atoms with E-state index in [4.69, 9.17) is 11.5 Å². The van der Waals surface area contributed by atoms with E-state index in [-0.39, 0.29) is 0 Å². The lowest BCUT2D eigenvalue weighted by molar-refractivity contribution is 1.19. The lowest BCUT2D eigenvalue weighted by atomic mass is 10.1. The number of benzene rings is 1. The molecule has 2 aromatic heterocycles. The second-order valence-electron chi connectivity index (χ2n) is 3.94. The zero-order valence-corrected chi connectivity index (χ0v) is 9.17. The Bertz CT molecular complexity index is 685. The number of rotatable bonds is 1. The van der Waals surface area contributed by atoms with Crippen molar-refractivity contribution in [2.24, 2.45) is 0 Å². The lowest BCUT2D eigenvalue weighted by Gasteiger charge is -1.99. The van der Waals surface area contributed by atoms with Crippen molar-refractivity contribution in [3.63, 3.8) is 0 Å². The summed E-state index contributed by atoms with van der Waals surface area (Å²) in [6, 6.07) is 11.4. The van der Waals surface area contributed by atoms with Gasteiger partial charge in [0.2, 0.25) is 0 Å². The minimum absolute atomic E-state index is 0.704. The molecule has 0 bridgehead atoms. The van der Waals surface area contributed by atoms with Gasteiger partial charge in [-0.3, -0.25) is 0 Å². The van der Waals surface area contributed by atoms with Crippen molar-refractivity contribution in [2.75, 3.05) is 11.5 Å². The lowest BCUT2D eigenvalue weighted by Crippen LogP contribution is -1.88. The van der Waals surface area contributed by atoms with E-state index in [0.717, 1.165) is 22.6 Å². The molecule has 0 atom stereocenters. The van der Waals surface area contributed by atoms with Crippen molar-refractivity contribution in [1.29, 1.82) is 0 Å². The molecule has 3 rings (SSSR count). The van der Waals surface area contributed by atoms with Crippen LogP contribution >= 0.6 is 0 Å². The van der Waals surface area contributed by atoms with Gasteiger partial charge in [-0.2, -0.15) is 0 Å². The third-order valence-corrected chi connectivity index (χ3v) is 2.72. The van der Waals surface area contributed by atoms with Gasteiger partial charge >= 0.3 is 0 Å². The third-order valence-electron chi connectivity index (χ3n) is 2.72. The minimum atomic E-state index is 0.704. The largest absolute Gasteiger partial charge is 0.399 e. The molecule has 0 spiro atoms. The van der Waals surface area contributed by atoms with E-state index in [9.17, 15) is 0 Å². The van der Waals surface area contributed by atoms with Crippen molar-refractivity contribution < 1.29 is 0 Å². The molecular weight excluding hydrogens is 212 g/mol. The summed E-state index contributed by atoms with van der Waals surface area (Å²) in [4.78, 5) is 4.51. The number of nitrogens with two attached hydrogens (primary N) is 2. The first-order valence-corrected chi connectivity index (χ1v) is 5.33. The van der Waals surface area contributed by atoms with Gasteiger partial charge in [0.05, 0.1) is 5.69 Å². The first-order valence-electron chi connectivity index (χ1n) is 5.33. The molecule has 1 aromatic carbocycles. The van der Waals surface area contributed by atoms with Crippen LogP contribution < -0.4 is 11.5 Å². The van der Waals surface area contributed by atoms with Crippen LogP contribution in [0.4, 0.5) is 11.4 Å². The summed E-state index contributed by atoms with van der Waals surface area (Å²) in [5, 5.41) is 0.